The lowest BCUT2D eigenvalue weighted by molar-refractivity contribution is -0.126. The first-order chi connectivity index (χ1) is 12.1. The van der Waals surface area contributed by atoms with Crippen LogP contribution in [-0.2, 0) is 16.0 Å². The van der Waals surface area contributed by atoms with E-state index >= 15 is 0 Å². The highest BCUT2D eigenvalue weighted by Crippen LogP contribution is 2.27. The zero-order valence-electron chi connectivity index (χ0n) is 14.4. The molecule has 0 bridgehead atoms. The van der Waals surface area contributed by atoms with Crippen molar-refractivity contribution in [2.45, 2.75) is 25.8 Å². The largest absolute Gasteiger partial charge is 0.497 e. The van der Waals surface area contributed by atoms with Gasteiger partial charge in [0, 0.05) is 31.1 Å². The predicted molar refractivity (Wildman–Crippen MR) is 93.5 cm³/mol. The van der Waals surface area contributed by atoms with Crippen molar-refractivity contribution in [1.82, 2.24) is 5.32 Å². The van der Waals surface area contributed by atoms with E-state index in [1.54, 1.807) is 30.4 Å². The minimum Gasteiger partial charge on any atom is -0.497 e. The summed E-state index contributed by atoms with van der Waals surface area (Å²) < 4.78 is 10.4. The molecule has 1 aliphatic heterocycles. The maximum absolute atomic E-state index is 12.5. The Kier molecular flexibility index (Phi) is 5.07. The number of carbonyl (C=O) groups excluding carboxylic acids is 2. The molecule has 1 aliphatic rings. The zero-order chi connectivity index (χ0) is 17.8. The average molecular weight is 342 g/mol. The molecular formula is C19H22N2O4. The van der Waals surface area contributed by atoms with Crippen LogP contribution >= 0.6 is 0 Å². The smallest absolute Gasteiger partial charge is 0.227 e. The van der Waals surface area contributed by atoms with Gasteiger partial charge in [-0.3, -0.25) is 9.59 Å². The van der Waals surface area contributed by atoms with Gasteiger partial charge in [0.25, 0.3) is 0 Å². The molecule has 1 fully saturated rings. The standard InChI is InChI=1S/C19H22N2O4/c1-13(10-17-4-3-9-25-17)20-19(23)14-11-18(22)21(12-14)15-5-7-16(24-2)8-6-15/h3-9,13-14H,10-12H2,1-2H3,(H,20,23)/t13-,14+/m0/s1. The SMILES string of the molecule is COc1ccc(N2C[C@H](C(=O)N[C@@H](C)Cc3ccco3)CC2=O)cc1. The molecule has 2 atom stereocenters. The summed E-state index contributed by atoms with van der Waals surface area (Å²) in [5.41, 5.74) is 0.782. The van der Waals surface area contributed by atoms with Gasteiger partial charge in [0.05, 0.1) is 19.3 Å². The number of rotatable bonds is 6. The summed E-state index contributed by atoms with van der Waals surface area (Å²) in [7, 11) is 1.60. The first kappa shape index (κ1) is 17.1. The average Bonchev–Trinajstić information content (AvgIpc) is 3.24. The third kappa shape index (κ3) is 4.02. The lowest BCUT2D eigenvalue weighted by Crippen LogP contribution is -2.39. The Morgan fingerprint density at radius 2 is 2.12 bits per heavy atom. The lowest BCUT2D eigenvalue weighted by atomic mass is 10.1. The molecular weight excluding hydrogens is 320 g/mol. The van der Waals surface area contributed by atoms with Crippen LogP contribution in [0.1, 0.15) is 19.1 Å². The van der Waals surface area contributed by atoms with Crippen LogP contribution < -0.4 is 15.0 Å². The summed E-state index contributed by atoms with van der Waals surface area (Å²) in [5.74, 6) is 1.09. The second-order valence-electron chi connectivity index (χ2n) is 6.30. The minimum absolute atomic E-state index is 0.0380. The number of furan rings is 1. The summed E-state index contributed by atoms with van der Waals surface area (Å²) in [4.78, 5) is 26.4. The Balaban J connectivity index is 1.58. The second-order valence-corrected chi connectivity index (χ2v) is 6.30. The van der Waals surface area contributed by atoms with Crippen molar-refractivity contribution in [2.75, 3.05) is 18.6 Å². The normalized spacial score (nSPS) is 18.2. The van der Waals surface area contributed by atoms with E-state index in [-0.39, 0.29) is 30.2 Å². The fraction of sp³-hybridized carbons (Fsp3) is 0.368. The number of nitrogens with one attached hydrogen (secondary N) is 1. The molecule has 0 unspecified atom stereocenters. The van der Waals surface area contributed by atoms with Crippen LogP contribution in [0.5, 0.6) is 5.75 Å². The molecule has 1 aromatic heterocycles. The third-order valence-electron chi connectivity index (χ3n) is 4.36. The van der Waals surface area contributed by atoms with Crippen molar-refractivity contribution in [1.29, 1.82) is 0 Å². The number of anilines is 1. The van der Waals surface area contributed by atoms with E-state index < -0.39 is 0 Å². The van der Waals surface area contributed by atoms with E-state index in [0.717, 1.165) is 17.2 Å². The van der Waals surface area contributed by atoms with E-state index in [1.165, 1.54) is 0 Å². The summed E-state index contributed by atoms with van der Waals surface area (Å²) in [6.45, 7) is 2.32. The van der Waals surface area contributed by atoms with Gasteiger partial charge in [0.15, 0.2) is 0 Å². The Labute approximate surface area is 146 Å². The fourth-order valence-electron chi connectivity index (χ4n) is 3.04. The number of hydrogen-bond donors (Lipinski definition) is 1. The molecule has 0 radical (unpaired) electrons. The Morgan fingerprint density at radius 3 is 2.76 bits per heavy atom. The summed E-state index contributed by atoms with van der Waals surface area (Å²) in [6, 6.07) is 10.9. The van der Waals surface area contributed by atoms with Gasteiger partial charge < -0.3 is 19.4 Å². The van der Waals surface area contributed by atoms with Gasteiger partial charge in [-0.15, -0.1) is 0 Å². The minimum atomic E-state index is -0.339. The maximum Gasteiger partial charge on any atom is 0.227 e. The number of hydrogen-bond acceptors (Lipinski definition) is 4. The molecule has 25 heavy (non-hydrogen) atoms. The maximum atomic E-state index is 12.5. The highest BCUT2D eigenvalue weighted by molar-refractivity contribution is 6.00. The fourth-order valence-corrected chi connectivity index (χ4v) is 3.04. The lowest BCUT2D eigenvalue weighted by Gasteiger charge is -2.18. The van der Waals surface area contributed by atoms with Gasteiger partial charge in [-0.25, -0.2) is 0 Å². The molecule has 0 saturated carbocycles. The highest BCUT2D eigenvalue weighted by atomic mass is 16.5. The van der Waals surface area contributed by atoms with Crippen molar-refractivity contribution >= 4 is 17.5 Å². The molecule has 1 saturated heterocycles. The first-order valence-electron chi connectivity index (χ1n) is 8.34. The van der Waals surface area contributed by atoms with E-state index in [2.05, 4.69) is 5.32 Å². The van der Waals surface area contributed by atoms with Crippen molar-refractivity contribution in [3.05, 3.63) is 48.4 Å². The highest BCUT2D eigenvalue weighted by Gasteiger charge is 2.35. The Hall–Kier alpha value is -2.76. The van der Waals surface area contributed by atoms with Crippen LogP contribution in [0.25, 0.3) is 0 Å². The van der Waals surface area contributed by atoms with E-state index in [4.69, 9.17) is 9.15 Å². The Bertz CT molecular complexity index is 724. The molecule has 0 aliphatic carbocycles. The molecule has 3 rings (SSSR count). The monoisotopic (exact) mass is 342 g/mol. The van der Waals surface area contributed by atoms with Crippen molar-refractivity contribution in [2.24, 2.45) is 5.92 Å². The second kappa shape index (κ2) is 7.42. The molecule has 0 spiro atoms. The zero-order valence-corrected chi connectivity index (χ0v) is 14.4. The number of nitrogens with zero attached hydrogens (tertiary/aromatic N) is 1. The molecule has 6 nitrogen and oxygen atoms in total. The molecule has 2 heterocycles. The quantitative estimate of drug-likeness (QED) is 0.875. The van der Waals surface area contributed by atoms with Crippen molar-refractivity contribution < 1.29 is 18.7 Å². The van der Waals surface area contributed by atoms with Crippen LogP contribution in [0.15, 0.2) is 47.1 Å². The van der Waals surface area contributed by atoms with Crippen LogP contribution in [0.3, 0.4) is 0 Å². The van der Waals surface area contributed by atoms with Gasteiger partial charge >= 0.3 is 0 Å². The van der Waals surface area contributed by atoms with Gasteiger partial charge in [-0.2, -0.15) is 0 Å². The van der Waals surface area contributed by atoms with Gasteiger partial charge in [0.1, 0.15) is 11.5 Å². The van der Waals surface area contributed by atoms with Crippen LogP contribution in [0, 0.1) is 5.92 Å². The molecule has 6 heteroatoms. The molecule has 2 amide bonds. The summed E-state index contributed by atoms with van der Waals surface area (Å²) >= 11 is 0. The van der Waals surface area contributed by atoms with Crippen LogP contribution in [-0.4, -0.2) is 31.5 Å². The molecule has 1 aromatic carbocycles. The first-order valence-corrected chi connectivity index (χ1v) is 8.34. The van der Waals surface area contributed by atoms with Gasteiger partial charge in [-0.1, -0.05) is 0 Å². The predicted octanol–water partition coefficient (Wildman–Crippen LogP) is 2.39. The van der Waals surface area contributed by atoms with Crippen LogP contribution in [0.4, 0.5) is 5.69 Å². The molecule has 1 N–H and O–H groups in total. The van der Waals surface area contributed by atoms with E-state index in [1.807, 2.05) is 31.2 Å². The van der Waals surface area contributed by atoms with Crippen LogP contribution in [0.2, 0.25) is 0 Å². The van der Waals surface area contributed by atoms with E-state index in [0.29, 0.717) is 13.0 Å². The Morgan fingerprint density at radius 1 is 1.36 bits per heavy atom. The van der Waals surface area contributed by atoms with Crippen molar-refractivity contribution in [3.63, 3.8) is 0 Å². The summed E-state index contributed by atoms with van der Waals surface area (Å²) in [5, 5.41) is 2.97. The number of benzene rings is 1. The van der Waals surface area contributed by atoms with Crippen molar-refractivity contribution in [3.8, 4) is 5.75 Å². The number of amides is 2. The van der Waals surface area contributed by atoms with Gasteiger partial charge in [0.2, 0.25) is 11.8 Å². The molecule has 2 aromatic rings. The molecule has 132 valence electrons. The number of ether oxygens (including phenoxy) is 1. The summed E-state index contributed by atoms with van der Waals surface area (Å²) in [6.07, 6.45) is 2.47. The van der Waals surface area contributed by atoms with Gasteiger partial charge in [-0.05, 0) is 43.3 Å². The topological polar surface area (TPSA) is 71.8 Å². The number of methoxy groups -OCH3 is 1. The van der Waals surface area contributed by atoms with E-state index in [9.17, 15) is 9.59 Å². The number of carbonyl (C=O) groups is 2. The third-order valence-corrected chi connectivity index (χ3v) is 4.36.